The van der Waals surface area contributed by atoms with Crippen LogP contribution in [0.3, 0.4) is 0 Å². The first-order valence-corrected chi connectivity index (χ1v) is 4.28. The number of hydrogen-bond donors (Lipinski definition) is 3. The Morgan fingerprint density at radius 3 is 2.69 bits per heavy atom. The van der Waals surface area contributed by atoms with Crippen LogP contribution in [0, 0.1) is 0 Å². The Morgan fingerprint density at radius 1 is 1.69 bits per heavy atom. The molecule has 5 nitrogen and oxygen atoms in total. The minimum Gasteiger partial charge on any atom is -0.480 e. The van der Waals surface area contributed by atoms with Crippen LogP contribution >= 0.6 is 0 Å². The maximum absolute atomic E-state index is 10.6. The number of aliphatic hydroxyl groups is 2. The van der Waals surface area contributed by atoms with Gasteiger partial charge in [-0.15, -0.1) is 0 Å². The number of aliphatic carboxylic acids is 1. The predicted molar refractivity (Wildman–Crippen MR) is 45.3 cm³/mol. The molecule has 2 unspecified atom stereocenters. The fraction of sp³-hybridized carbons (Fsp3) is 0.875. The zero-order valence-electron chi connectivity index (χ0n) is 7.60. The minimum atomic E-state index is -1.11. The fourth-order valence-electron chi connectivity index (χ4n) is 1.50. The van der Waals surface area contributed by atoms with Crippen molar-refractivity contribution in [3.63, 3.8) is 0 Å². The van der Waals surface area contributed by atoms with E-state index in [9.17, 15) is 9.90 Å². The summed E-state index contributed by atoms with van der Waals surface area (Å²) < 4.78 is 0. The lowest BCUT2D eigenvalue weighted by Gasteiger charge is -2.23. The Morgan fingerprint density at radius 2 is 2.31 bits per heavy atom. The molecule has 1 fully saturated rings. The Kier molecular flexibility index (Phi) is 2.90. The van der Waals surface area contributed by atoms with Crippen LogP contribution in [0.4, 0.5) is 0 Å². The van der Waals surface area contributed by atoms with E-state index in [1.165, 1.54) is 0 Å². The monoisotopic (exact) mass is 189 g/mol. The molecule has 1 aliphatic heterocycles. The standard InChI is InChI=1S/C8H15NO4/c1-6(7(11)12)9-3-2-8(13,4-9)5-10/h6,10,13H,2-5H2,1H3,(H,11,12). The van der Waals surface area contributed by atoms with Crippen LogP contribution in [0.15, 0.2) is 0 Å². The van der Waals surface area contributed by atoms with Gasteiger partial charge in [0.15, 0.2) is 0 Å². The number of carbonyl (C=O) groups is 1. The maximum atomic E-state index is 10.6. The van der Waals surface area contributed by atoms with Crippen LogP contribution in [0.25, 0.3) is 0 Å². The molecule has 0 spiro atoms. The summed E-state index contributed by atoms with van der Waals surface area (Å²) in [7, 11) is 0. The smallest absolute Gasteiger partial charge is 0.320 e. The first kappa shape index (κ1) is 10.4. The lowest BCUT2D eigenvalue weighted by molar-refractivity contribution is -0.142. The van der Waals surface area contributed by atoms with Crippen LogP contribution in [0.2, 0.25) is 0 Å². The van der Waals surface area contributed by atoms with Gasteiger partial charge in [0.05, 0.1) is 6.61 Å². The molecule has 1 heterocycles. The summed E-state index contributed by atoms with van der Waals surface area (Å²) >= 11 is 0. The second kappa shape index (κ2) is 3.61. The van der Waals surface area contributed by atoms with Crippen LogP contribution in [0.1, 0.15) is 13.3 Å². The van der Waals surface area contributed by atoms with Gasteiger partial charge in [-0.05, 0) is 13.3 Å². The number of β-amino-alcohol motifs (C(OH)–C–C–N with tert-alkyl or cyclic N) is 1. The van der Waals surface area contributed by atoms with E-state index < -0.39 is 17.6 Å². The van der Waals surface area contributed by atoms with Gasteiger partial charge in [0.1, 0.15) is 11.6 Å². The highest BCUT2D eigenvalue weighted by molar-refractivity contribution is 5.72. The van der Waals surface area contributed by atoms with Gasteiger partial charge in [-0.3, -0.25) is 9.69 Å². The summed E-state index contributed by atoms with van der Waals surface area (Å²) in [5.41, 5.74) is -1.11. The Hall–Kier alpha value is -0.650. The zero-order valence-corrected chi connectivity index (χ0v) is 7.60. The Labute approximate surface area is 76.6 Å². The molecular formula is C8H15NO4. The summed E-state index contributed by atoms with van der Waals surface area (Å²) in [6, 6.07) is -0.597. The summed E-state index contributed by atoms with van der Waals surface area (Å²) in [4.78, 5) is 12.3. The second-order valence-electron chi connectivity index (χ2n) is 3.62. The SMILES string of the molecule is CC(C(=O)O)N1CCC(O)(CO)C1. The number of aliphatic hydroxyl groups excluding tert-OH is 1. The summed E-state index contributed by atoms with van der Waals surface area (Å²) in [6.07, 6.45) is 0.432. The third-order valence-electron chi connectivity index (χ3n) is 2.56. The number of carboxylic acids is 1. The zero-order chi connectivity index (χ0) is 10.1. The van der Waals surface area contributed by atoms with E-state index in [0.29, 0.717) is 13.0 Å². The first-order chi connectivity index (χ1) is 5.98. The van der Waals surface area contributed by atoms with Crippen LogP contribution in [-0.4, -0.2) is 57.5 Å². The van der Waals surface area contributed by atoms with E-state index in [4.69, 9.17) is 10.2 Å². The molecule has 3 N–H and O–H groups in total. The number of carboxylic acid groups (broad SMARTS) is 1. The number of likely N-dealkylation sites (tertiary alicyclic amines) is 1. The molecule has 0 bridgehead atoms. The van der Waals surface area contributed by atoms with Crippen molar-refractivity contribution in [1.29, 1.82) is 0 Å². The van der Waals surface area contributed by atoms with Crippen molar-refractivity contribution in [2.24, 2.45) is 0 Å². The highest BCUT2D eigenvalue weighted by Gasteiger charge is 2.38. The minimum absolute atomic E-state index is 0.233. The van der Waals surface area contributed by atoms with E-state index in [-0.39, 0.29) is 13.2 Å². The Balaban J connectivity index is 2.54. The Bertz CT molecular complexity index is 208. The van der Waals surface area contributed by atoms with Gasteiger partial charge in [0.25, 0.3) is 0 Å². The third kappa shape index (κ3) is 2.18. The molecule has 5 heteroatoms. The molecule has 0 amide bonds. The highest BCUT2D eigenvalue weighted by Crippen LogP contribution is 2.22. The summed E-state index contributed by atoms with van der Waals surface area (Å²) in [6.45, 7) is 2.02. The average Bonchev–Trinajstić information content (AvgIpc) is 2.47. The molecule has 0 radical (unpaired) electrons. The normalized spacial score (nSPS) is 31.9. The van der Waals surface area contributed by atoms with Crippen LogP contribution in [0.5, 0.6) is 0 Å². The number of hydrogen-bond acceptors (Lipinski definition) is 4. The molecule has 0 aromatic heterocycles. The quantitative estimate of drug-likeness (QED) is 0.524. The number of nitrogens with zero attached hydrogens (tertiary/aromatic N) is 1. The van der Waals surface area contributed by atoms with Crippen molar-refractivity contribution in [3.05, 3.63) is 0 Å². The van der Waals surface area contributed by atoms with Crippen molar-refractivity contribution >= 4 is 5.97 Å². The molecule has 0 aromatic rings. The second-order valence-corrected chi connectivity index (χ2v) is 3.62. The van der Waals surface area contributed by atoms with Crippen molar-refractivity contribution < 1.29 is 20.1 Å². The molecule has 76 valence electrons. The van der Waals surface area contributed by atoms with Gasteiger partial charge in [-0.25, -0.2) is 0 Å². The van der Waals surface area contributed by atoms with E-state index in [0.717, 1.165) is 0 Å². The van der Waals surface area contributed by atoms with Gasteiger partial charge < -0.3 is 15.3 Å². The highest BCUT2D eigenvalue weighted by atomic mass is 16.4. The number of rotatable bonds is 3. The molecule has 2 atom stereocenters. The summed E-state index contributed by atoms with van der Waals surface area (Å²) in [5, 5.41) is 27.2. The molecule has 13 heavy (non-hydrogen) atoms. The average molecular weight is 189 g/mol. The maximum Gasteiger partial charge on any atom is 0.320 e. The van der Waals surface area contributed by atoms with Crippen LogP contribution in [-0.2, 0) is 4.79 Å². The fourth-order valence-corrected chi connectivity index (χ4v) is 1.50. The lowest BCUT2D eigenvalue weighted by Crippen LogP contribution is -2.42. The van der Waals surface area contributed by atoms with Crippen molar-refractivity contribution in [3.8, 4) is 0 Å². The first-order valence-electron chi connectivity index (χ1n) is 4.28. The van der Waals surface area contributed by atoms with Gasteiger partial charge in [-0.2, -0.15) is 0 Å². The molecule has 0 aromatic carbocycles. The summed E-state index contributed by atoms with van der Waals surface area (Å²) in [5.74, 6) is -0.901. The molecular weight excluding hydrogens is 174 g/mol. The van der Waals surface area contributed by atoms with Gasteiger partial charge in [-0.1, -0.05) is 0 Å². The molecule has 0 saturated carbocycles. The van der Waals surface area contributed by atoms with Crippen LogP contribution < -0.4 is 0 Å². The lowest BCUT2D eigenvalue weighted by atomic mass is 10.1. The van der Waals surface area contributed by atoms with Gasteiger partial charge in [0, 0.05) is 13.1 Å². The van der Waals surface area contributed by atoms with Crippen molar-refractivity contribution in [2.75, 3.05) is 19.7 Å². The molecule has 1 rings (SSSR count). The van der Waals surface area contributed by atoms with Crippen molar-refractivity contribution in [1.82, 2.24) is 4.90 Å². The van der Waals surface area contributed by atoms with E-state index in [1.54, 1.807) is 11.8 Å². The molecule has 1 saturated heterocycles. The van der Waals surface area contributed by atoms with Crippen molar-refractivity contribution in [2.45, 2.75) is 25.0 Å². The van der Waals surface area contributed by atoms with E-state index in [1.807, 2.05) is 0 Å². The van der Waals surface area contributed by atoms with Gasteiger partial charge >= 0.3 is 5.97 Å². The van der Waals surface area contributed by atoms with E-state index >= 15 is 0 Å². The molecule has 0 aliphatic carbocycles. The van der Waals surface area contributed by atoms with Gasteiger partial charge in [0.2, 0.25) is 0 Å². The largest absolute Gasteiger partial charge is 0.480 e. The predicted octanol–water partition coefficient (Wildman–Crippen LogP) is -1.11. The third-order valence-corrected chi connectivity index (χ3v) is 2.56. The van der Waals surface area contributed by atoms with E-state index in [2.05, 4.69) is 0 Å². The topological polar surface area (TPSA) is 81.0 Å². The molecule has 1 aliphatic rings.